The number of aromatic nitrogens is 2. The molecule has 0 amide bonds. The van der Waals surface area contributed by atoms with E-state index < -0.39 is 0 Å². The first-order valence-electron chi connectivity index (χ1n) is 15.3. The van der Waals surface area contributed by atoms with Gasteiger partial charge in [-0.05, 0) is 77.1 Å². The zero-order valence-corrected chi connectivity index (χ0v) is 24.5. The van der Waals surface area contributed by atoms with Crippen LogP contribution in [0.4, 0.5) is 34.1 Å². The third kappa shape index (κ3) is 3.94. The lowest BCUT2D eigenvalue weighted by molar-refractivity contribution is 1.24. The molecule has 0 fully saturated rings. The van der Waals surface area contributed by atoms with Crippen LogP contribution in [0.5, 0.6) is 0 Å². The third-order valence-corrected chi connectivity index (χ3v) is 8.96. The molecule has 0 unspecified atom stereocenters. The van der Waals surface area contributed by atoms with Crippen molar-refractivity contribution in [3.05, 3.63) is 164 Å². The number of rotatable bonds is 4. The number of fused-ring (bicyclic) bond motifs is 4. The van der Waals surface area contributed by atoms with Crippen molar-refractivity contribution in [1.29, 1.82) is 0 Å². The van der Waals surface area contributed by atoms with E-state index in [9.17, 15) is 0 Å². The van der Waals surface area contributed by atoms with Crippen molar-refractivity contribution in [2.24, 2.45) is 0 Å². The molecule has 45 heavy (non-hydrogen) atoms. The molecule has 0 N–H and O–H groups in total. The Kier molecular flexibility index (Phi) is 5.88. The number of nitrogens with zero attached hydrogens (tertiary/aromatic N) is 4. The number of pyridine rings is 2. The molecule has 9 rings (SSSR count). The summed E-state index contributed by atoms with van der Waals surface area (Å²) in [6.07, 6.45) is 3.73. The van der Waals surface area contributed by atoms with Gasteiger partial charge in [-0.1, -0.05) is 91.0 Å². The van der Waals surface area contributed by atoms with Gasteiger partial charge in [0.2, 0.25) is 0 Å². The average molecular weight is 574 g/mol. The summed E-state index contributed by atoms with van der Waals surface area (Å²) in [4.78, 5) is 14.5. The van der Waals surface area contributed by atoms with Gasteiger partial charge in [-0.25, -0.2) is 0 Å². The van der Waals surface area contributed by atoms with Gasteiger partial charge in [0.05, 0.1) is 17.1 Å². The summed E-state index contributed by atoms with van der Waals surface area (Å²) >= 11 is 0. The molecule has 5 aromatic carbocycles. The van der Waals surface area contributed by atoms with Gasteiger partial charge in [0.1, 0.15) is 0 Å². The quantitative estimate of drug-likeness (QED) is 0.200. The summed E-state index contributed by atoms with van der Waals surface area (Å²) in [6, 6.07) is 53.9. The molecule has 0 saturated heterocycles. The summed E-state index contributed by atoms with van der Waals surface area (Å²) in [5, 5.41) is 0. The van der Waals surface area contributed by atoms with Crippen molar-refractivity contribution >= 4 is 57.2 Å². The van der Waals surface area contributed by atoms with Crippen LogP contribution in [-0.4, -0.2) is 16.7 Å². The smallest absolute Gasteiger partial charge is 0.252 e. The highest BCUT2D eigenvalue weighted by atomic mass is 15.2. The molecule has 0 radical (unpaired) electrons. The molecular weight excluding hydrogens is 547 g/mol. The van der Waals surface area contributed by atoms with Gasteiger partial charge in [-0.15, -0.1) is 0 Å². The van der Waals surface area contributed by atoms with Crippen LogP contribution < -0.4 is 26.2 Å². The van der Waals surface area contributed by atoms with E-state index in [-0.39, 0.29) is 6.71 Å². The largest absolute Gasteiger partial charge is 0.311 e. The summed E-state index contributed by atoms with van der Waals surface area (Å²) in [7, 11) is 0. The minimum atomic E-state index is 0.0834. The molecule has 7 aromatic rings. The van der Waals surface area contributed by atoms with Crippen molar-refractivity contribution in [3.8, 4) is 22.5 Å². The van der Waals surface area contributed by atoms with Crippen molar-refractivity contribution in [1.82, 2.24) is 9.97 Å². The first-order valence-corrected chi connectivity index (χ1v) is 15.3. The van der Waals surface area contributed by atoms with E-state index in [1.807, 2.05) is 24.5 Å². The van der Waals surface area contributed by atoms with Crippen molar-refractivity contribution < 1.29 is 0 Å². The Bertz CT molecular complexity index is 2130. The lowest BCUT2D eigenvalue weighted by Crippen LogP contribution is -2.61. The van der Waals surface area contributed by atoms with Crippen LogP contribution in [0.3, 0.4) is 0 Å². The highest BCUT2D eigenvalue weighted by molar-refractivity contribution is 7.00. The second kappa shape index (κ2) is 10.4. The maximum Gasteiger partial charge on any atom is 0.252 e. The molecule has 0 atom stereocenters. The van der Waals surface area contributed by atoms with Crippen LogP contribution in [0.2, 0.25) is 0 Å². The number of hydrogen-bond acceptors (Lipinski definition) is 4. The molecule has 210 valence electrons. The summed E-state index contributed by atoms with van der Waals surface area (Å²) in [6.45, 7) is 0.0834. The van der Waals surface area contributed by atoms with Crippen LogP contribution >= 0.6 is 0 Å². The predicted molar refractivity (Wildman–Crippen MR) is 187 cm³/mol. The van der Waals surface area contributed by atoms with Crippen LogP contribution in [0, 0.1) is 0 Å². The Morgan fingerprint density at radius 3 is 1.49 bits per heavy atom. The Morgan fingerprint density at radius 2 is 0.889 bits per heavy atom. The second-order valence-electron chi connectivity index (χ2n) is 11.4. The topological polar surface area (TPSA) is 32.3 Å². The Labute approximate surface area is 263 Å². The number of anilines is 6. The minimum absolute atomic E-state index is 0.0834. The lowest BCUT2D eigenvalue weighted by atomic mass is 9.33. The molecule has 2 aliphatic rings. The maximum absolute atomic E-state index is 4.84. The summed E-state index contributed by atoms with van der Waals surface area (Å²) < 4.78 is 0. The van der Waals surface area contributed by atoms with Gasteiger partial charge < -0.3 is 9.80 Å². The van der Waals surface area contributed by atoms with Gasteiger partial charge in [-0.3, -0.25) is 9.97 Å². The fourth-order valence-corrected chi connectivity index (χ4v) is 7.17. The molecule has 0 bridgehead atoms. The molecule has 0 aliphatic carbocycles. The van der Waals surface area contributed by atoms with Gasteiger partial charge in [0, 0.05) is 52.0 Å². The van der Waals surface area contributed by atoms with Gasteiger partial charge in [-0.2, -0.15) is 0 Å². The van der Waals surface area contributed by atoms with Gasteiger partial charge >= 0.3 is 0 Å². The SMILES string of the molecule is c1ccc(N2c3ccccc3B3c4ccccc4N(c4c(-c5ccccn5)cccc4-c4ccccn4)c4cccc2c43)cc1. The van der Waals surface area contributed by atoms with E-state index in [1.165, 1.54) is 27.8 Å². The first-order chi connectivity index (χ1) is 22.4. The molecular formula is C40H27BN4. The van der Waals surface area contributed by atoms with Crippen molar-refractivity contribution in [3.63, 3.8) is 0 Å². The van der Waals surface area contributed by atoms with Gasteiger partial charge in [0.15, 0.2) is 0 Å². The van der Waals surface area contributed by atoms with E-state index in [1.54, 1.807) is 0 Å². The summed E-state index contributed by atoms with van der Waals surface area (Å²) in [5.41, 5.74) is 14.8. The maximum atomic E-state index is 4.84. The zero-order valence-electron chi connectivity index (χ0n) is 24.5. The first kappa shape index (κ1) is 25.6. The zero-order chi connectivity index (χ0) is 29.7. The molecule has 0 spiro atoms. The van der Waals surface area contributed by atoms with Crippen LogP contribution in [0.15, 0.2) is 164 Å². The fraction of sp³-hybridized carbons (Fsp3) is 0. The fourth-order valence-electron chi connectivity index (χ4n) is 7.17. The standard InChI is InChI=1S/C40H27BN4/c1-2-14-28(15-3-1)44-35-22-6-4-18-31(35)41-32-19-5-7-23-36(32)45(38-25-13-24-37(44)39(38)41)40-29(33-20-8-10-26-42-33)16-12-17-30(40)34-21-9-11-27-43-34/h1-27H. The normalized spacial score (nSPS) is 12.8. The van der Waals surface area contributed by atoms with E-state index in [0.717, 1.165) is 45.3 Å². The number of benzene rings is 5. The monoisotopic (exact) mass is 574 g/mol. The molecule has 2 aromatic heterocycles. The second-order valence-corrected chi connectivity index (χ2v) is 11.4. The van der Waals surface area contributed by atoms with Crippen LogP contribution in [0.1, 0.15) is 0 Å². The molecule has 4 heterocycles. The Morgan fingerprint density at radius 1 is 0.400 bits per heavy atom. The highest BCUT2D eigenvalue weighted by Gasteiger charge is 2.43. The number of hydrogen-bond donors (Lipinski definition) is 0. The molecule has 4 nitrogen and oxygen atoms in total. The van der Waals surface area contributed by atoms with Crippen LogP contribution in [0.25, 0.3) is 22.5 Å². The minimum Gasteiger partial charge on any atom is -0.311 e. The lowest BCUT2D eigenvalue weighted by Gasteiger charge is -2.44. The van der Waals surface area contributed by atoms with Crippen LogP contribution in [-0.2, 0) is 0 Å². The highest BCUT2D eigenvalue weighted by Crippen LogP contribution is 2.48. The molecule has 2 aliphatic heterocycles. The molecule has 0 saturated carbocycles. The third-order valence-electron chi connectivity index (χ3n) is 8.96. The van der Waals surface area contributed by atoms with E-state index >= 15 is 0 Å². The Hall–Kier alpha value is -5.94. The van der Waals surface area contributed by atoms with Crippen molar-refractivity contribution in [2.75, 3.05) is 9.80 Å². The Balaban J connectivity index is 1.39. The van der Waals surface area contributed by atoms with Crippen molar-refractivity contribution in [2.45, 2.75) is 0 Å². The van der Waals surface area contributed by atoms with E-state index in [4.69, 9.17) is 9.97 Å². The predicted octanol–water partition coefficient (Wildman–Crippen LogP) is 7.89. The van der Waals surface area contributed by atoms with E-state index in [0.29, 0.717) is 0 Å². The molecule has 5 heteroatoms. The average Bonchev–Trinajstić information content (AvgIpc) is 3.12. The number of para-hydroxylation sites is 4. The summed E-state index contributed by atoms with van der Waals surface area (Å²) in [5.74, 6) is 0. The van der Waals surface area contributed by atoms with E-state index in [2.05, 4.69) is 149 Å². The van der Waals surface area contributed by atoms with Gasteiger partial charge in [0.25, 0.3) is 6.71 Å².